The Labute approximate surface area is 152 Å². The van der Waals surface area contributed by atoms with Crippen molar-refractivity contribution in [3.05, 3.63) is 66.0 Å². The molecule has 2 amide bonds. The summed E-state index contributed by atoms with van der Waals surface area (Å²) in [5, 5.41) is 5.76. The molecule has 3 atom stereocenters. The second kappa shape index (κ2) is 7.43. The number of anilines is 1. The van der Waals surface area contributed by atoms with Crippen LogP contribution in [0.15, 0.2) is 54.6 Å². The normalized spacial score (nSPS) is 25.5. The first-order valence-corrected chi connectivity index (χ1v) is 8.91. The molecule has 2 aliphatic heterocycles. The van der Waals surface area contributed by atoms with Crippen LogP contribution in [0.5, 0.6) is 0 Å². The zero-order valence-corrected chi connectivity index (χ0v) is 14.4. The fourth-order valence-electron chi connectivity index (χ4n) is 3.73. The molecule has 0 aromatic heterocycles. The van der Waals surface area contributed by atoms with Crippen LogP contribution in [0.4, 0.5) is 14.9 Å². The van der Waals surface area contributed by atoms with Gasteiger partial charge in [-0.05, 0) is 36.2 Å². The Hall–Kier alpha value is -2.44. The number of carbonyl (C=O) groups is 1. The number of urea groups is 1. The molecule has 2 saturated heterocycles. The van der Waals surface area contributed by atoms with Gasteiger partial charge in [-0.3, -0.25) is 4.90 Å². The summed E-state index contributed by atoms with van der Waals surface area (Å²) in [5.74, 6) is -0.323. The SMILES string of the molecule is O=C(Nc1ccc(F)cc1)N[C@@H]1C[C@H]2CO[C@@H](c3ccccc3)CN2C1. The Morgan fingerprint density at radius 3 is 2.62 bits per heavy atom. The number of amides is 2. The van der Waals surface area contributed by atoms with Crippen LogP contribution in [0.1, 0.15) is 18.1 Å². The minimum Gasteiger partial charge on any atom is -0.371 e. The molecule has 136 valence electrons. The van der Waals surface area contributed by atoms with Crippen LogP contribution in [0.2, 0.25) is 0 Å². The Balaban J connectivity index is 1.31. The number of carbonyl (C=O) groups excluding carboxylic acids is 1. The summed E-state index contributed by atoms with van der Waals surface area (Å²) in [5.41, 5.74) is 1.77. The minimum absolute atomic E-state index is 0.0820. The van der Waals surface area contributed by atoms with Gasteiger partial charge in [-0.2, -0.15) is 0 Å². The first kappa shape index (κ1) is 17.0. The molecule has 0 spiro atoms. The molecule has 0 aliphatic carbocycles. The zero-order chi connectivity index (χ0) is 17.9. The van der Waals surface area contributed by atoms with Crippen molar-refractivity contribution in [2.75, 3.05) is 25.0 Å². The molecule has 0 saturated carbocycles. The number of ether oxygens (including phenoxy) is 1. The number of rotatable bonds is 3. The highest BCUT2D eigenvalue weighted by molar-refractivity contribution is 5.89. The molecule has 6 heteroatoms. The van der Waals surface area contributed by atoms with Gasteiger partial charge < -0.3 is 15.4 Å². The fraction of sp³-hybridized carbons (Fsp3) is 0.350. The van der Waals surface area contributed by atoms with Gasteiger partial charge in [-0.25, -0.2) is 9.18 Å². The van der Waals surface area contributed by atoms with Gasteiger partial charge in [-0.1, -0.05) is 30.3 Å². The number of halogens is 1. The number of nitrogens with one attached hydrogen (secondary N) is 2. The molecule has 4 rings (SSSR count). The third-order valence-electron chi connectivity index (χ3n) is 5.03. The lowest BCUT2D eigenvalue weighted by atomic mass is 10.1. The Morgan fingerprint density at radius 2 is 1.85 bits per heavy atom. The maximum atomic E-state index is 12.9. The molecule has 0 unspecified atom stereocenters. The quantitative estimate of drug-likeness (QED) is 0.889. The summed E-state index contributed by atoms with van der Waals surface area (Å²) in [6.07, 6.45) is 0.956. The van der Waals surface area contributed by atoms with Crippen molar-refractivity contribution in [3.63, 3.8) is 0 Å². The molecule has 5 nitrogen and oxygen atoms in total. The lowest BCUT2D eigenvalue weighted by Crippen LogP contribution is -2.43. The van der Waals surface area contributed by atoms with Crippen molar-refractivity contribution in [1.29, 1.82) is 0 Å². The van der Waals surface area contributed by atoms with Crippen LogP contribution in [0.25, 0.3) is 0 Å². The van der Waals surface area contributed by atoms with E-state index in [2.05, 4.69) is 27.7 Å². The van der Waals surface area contributed by atoms with E-state index in [1.54, 1.807) is 12.1 Å². The smallest absolute Gasteiger partial charge is 0.319 e. The molecule has 0 bridgehead atoms. The Kier molecular flexibility index (Phi) is 4.86. The van der Waals surface area contributed by atoms with Crippen molar-refractivity contribution in [2.45, 2.75) is 24.6 Å². The average molecular weight is 355 g/mol. The van der Waals surface area contributed by atoms with Crippen LogP contribution in [-0.4, -0.2) is 42.7 Å². The summed E-state index contributed by atoms with van der Waals surface area (Å²) in [6.45, 7) is 2.33. The van der Waals surface area contributed by atoms with E-state index in [9.17, 15) is 9.18 Å². The van der Waals surface area contributed by atoms with Gasteiger partial charge in [0.25, 0.3) is 0 Å². The third-order valence-corrected chi connectivity index (χ3v) is 5.03. The van der Waals surface area contributed by atoms with E-state index in [1.807, 2.05) is 18.2 Å². The fourth-order valence-corrected chi connectivity index (χ4v) is 3.73. The molecule has 0 radical (unpaired) electrons. The summed E-state index contributed by atoms with van der Waals surface area (Å²) < 4.78 is 19.0. The number of hydrogen-bond donors (Lipinski definition) is 2. The highest BCUT2D eigenvalue weighted by Gasteiger charge is 2.38. The molecular formula is C20H22FN3O2. The summed E-state index contributed by atoms with van der Waals surface area (Å²) in [6, 6.07) is 16.1. The van der Waals surface area contributed by atoms with Gasteiger partial charge in [0.05, 0.1) is 12.7 Å². The van der Waals surface area contributed by atoms with Gasteiger partial charge in [0.2, 0.25) is 0 Å². The highest BCUT2D eigenvalue weighted by atomic mass is 19.1. The number of fused-ring (bicyclic) bond motifs is 1. The van der Waals surface area contributed by atoms with Crippen LogP contribution in [-0.2, 0) is 4.74 Å². The van der Waals surface area contributed by atoms with Gasteiger partial charge in [0, 0.05) is 30.9 Å². The van der Waals surface area contributed by atoms with Crippen LogP contribution in [0, 0.1) is 5.82 Å². The van der Waals surface area contributed by atoms with Crippen molar-refractivity contribution >= 4 is 11.7 Å². The summed E-state index contributed by atoms with van der Waals surface area (Å²) in [7, 11) is 0. The van der Waals surface area contributed by atoms with Crippen molar-refractivity contribution in [1.82, 2.24) is 10.2 Å². The van der Waals surface area contributed by atoms with Crippen molar-refractivity contribution in [2.24, 2.45) is 0 Å². The zero-order valence-electron chi connectivity index (χ0n) is 14.4. The van der Waals surface area contributed by atoms with E-state index in [0.717, 1.165) is 19.5 Å². The predicted molar refractivity (Wildman–Crippen MR) is 97.5 cm³/mol. The van der Waals surface area contributed by atoms with Gasteiger partial charge in [0.1, 0.15) is 5.82 Å². The van der Waals surface area contributed by atoms with Gasteiger partial charge in [0.15, 0.2) is 0 Å². The minimum atomic E-state index is -0.323. The monoisotopic (exact) mass is 355 g/mol. The third kappa shape index (κ3) is 3.86. The van der Waals surface area contributed by atoms with E-state index in [1.165, 1.54) is 17.7 Å². The topological polar surface area (TPSA) is 53.6 Å². The molecule has 2 N–H and O–H groups in total. The number of benzene rings is 2. The first-order valence-electron chi connectivity index (χ1n) is 8.91. The van der Waals surface area contributed by atoms with Gasteiger partial charge >= 0.3 is 6.03 Å². The highest BCUT2D eigenvalue weighted by Crippen LogP contribution is 2.30. The average Bonchev–Trinajstić information content (AvgIpc) is 3.05. The maximum Gasteiger partial charge on any atom is 0.319 e. The Morgan fingerprint density at radius 1 is 1.08 bits per heavy atom. The van der Waals surface area contributed by atoms with E-state index < -0.39 is 0 Å². The predicted octanol–water partition coefficient (Wildman–Crippen LogP) is 3.16. The van der Waals surface area contributed by atoms with E-state index in [-0.39, 0.29) is 24.0 Å². The lowest BCUT2D eigenvalue weighted by Gasteiger charge is -2.35. The molecule has 2 heterocycles. The first-order chi connectivity index (χ1) is 12.7. The van der Waals surface area contributed by atoms with Crippen LogP contribution >= 0.6 is 0 Å². The lowest BCUT2D eigenvalue weighted by molar-refractivity contribution is -0.0502. The summed E-state index contributed by atoms with van der Waals surface area (Å²) >= 11 is 0. The molecular weight excluding hydrogens is 333 g/mol. The second-order valence-electron chi connectivity index (χ2n) is 6.88. The maximum absolute atomic E-state index is 12.9. The number of hydrogen-bond acceptors (Lipinski definition) is 3. The van der Waals surface area contributed by atoms with Crippen LogP contribution in [0.3, 0.4) is 0 Å². The van der Waals surface area contributed by atoms with E-state index in [0.29, 0.717) is 18.3 Å². The van der Waals surface area contributed by atoms with Gasteiger partial charge in [-0.15, -0.1) is 0 Å². The van der Waals surface area contributed by atoms with Crippen molar-refractivity contribution in [3.8, 4) is 0 Å². The molecule has 2 fully saturated rings. The largest absolute Gasteiger partial charge is 0.371 e. The Bertz CT molecular complexity index is 753. The molecule has 26 heavy (non-hydrogen) atoms. The number of morpholine rings is 1. The van der Waals surface area contributed by atoms with Crippen molar-refractivity contribution < 1.29 is 13.9 Å². The molecule has 2 aliphatic rings. The van der Waals surface area contributed by atoms with E-state index in [4.69, 9.17) is 4.74 Å². The number of nitrogens with zero attached hydrogens (tertiary/aromatic N) is 1. The molecule has 2 aromatic carbocycles. The van der Waals surface area contributed by atoms with E-state index >= 15 is 0 Å². The molecule has 2 aromatic rings. The second-order valence-corrected chi connectivity index (χ2v) is 6.88. The standard InChI is InChI=1S/C20H22FN3O2/c21-15-6-8-16(9-7-15)22-20(25)23-17-10-18-13-26-19(12-24(18)11-17)14-4-2-1-3-5-14/h1-9,17-19H,10-13H2,(H2,22,23,25)/t17-,18+,19-/m1/s1. The van der Waals surface area contributed by atoms with Crippen LogP contribution < -0.4 is 10.6 Å². The summed E-state index contributed by atoms with van der Waals surface area (Å²) in [4.78, 5) is 14.6.